The Labute approximate surface area is 237 Å². The number of hydrogen-bond donors (Lipinski definition) is 0. The van der Waals surface area contributed by atoms with Gasteiger partial charge in [-0.2, -0.15) is 0 Å². The third kappa shape index (κ3) is 3.24. The van der Waals surface area contributed by atoms with Gasteiger partial charge in [0.1, 0.15) is 11.5 Å². The molecule has 1 heteroatoms. The average molecular weight is 521 g/mol. The fraction of sp³-hybridized carbons (Fsp3) is 0. The number of para-hydroxylation sites is 1. The van der Waals surface area contributed by atoms with E-state index in [9.17, 15) is 0 Å². The molecule has 41 heavy (non-hydrogen) atoms. The highest BCUT2D eigenvalue weighted by Gasteiger charge is 2.22. The molecule has 0 bridgehead atoms. The molecule has 0 unspecified atom stereocenters. The van der Waals surface area contributed by atoms with E-state index in [1.165, 1.54) is 70.9 Å². The molecule has 1 aliphatic rings. The third-order valence-electron chi connectivity index (χ3n) is 8.64. The minimum Gasteiger partial charge on any atom is -0.456 e. The Morgan fingerprint density at radius 2 is 0.927 bits per heavy atom. The van der Waals surface area contributed by atoms with Crippen molar-refractivity contribution in [1.29, 1.82) is 0 Å². The summed E-state index contributed by atoms with van der Waals surface area (Å²) in [6, 6.07) is 52.6. The van der Waals surface area contributed by atoms with Crippen molar-refractivity contribution in [2.75, 3.05) is 0 Å². The molecule has 9 rings (SSSR count). The van der Waals surface area contributed by atoms with Crippen LogP contribution in [-0.4, -0.2) is 0 Å². The van der Waals surface area contributed by atoms with E-state index in [0.717, 1.165) is 17.1 Å². The van der Waals surface area contributed by atoms with Gasteiger partial charge in [-0.25, -0.2) is 0 Å². The lowest BCUT2D eigenvalue weighted by Crippen LogP contribution is -1.98. The van der Waals surface area contributed by atoms with Crippen LogP contribution in [0.4, 0.5) is 0 Å². The molecule has 1 nitrogen and oxygen atoms in total. The first-order valence-electron chi connectivity index (χ1n) is 14.1. The van der Waals surface area contributed by atoms with E-state index < -0.39 is 0 Å². The van der Waals surface area contributed by atoms with Gasteiger partial charge in [0.05, 0.1) is 0 Å². The van der Waals surface area contributed by atoms with Crippen LogP contribution in [0.5, 0.6) is 11.5 Å². The Kier molecular flexibility index (Phi) is 4.67. The summed E-state index contributed by atoms with van der Waals surface area (Å²) < 4.78 is 6.41. The zero-order valence-electron chi connectivity index (χ0n) is 22.3. The molecule has 0 amide bonds. The van der Waals surface area contributed by atoms with Gasteiger partial charge in [-0.05, 0) is 89.8 Å². The van der Waals surface area contributed by atoms with E-state index in [-0.39, 0.29) is 0 Å². The first kappa shape index (κ1) is 22.4. The second-order valence-corrected chi connectivity index (χ2v) is 10.8. The van der Waals surface area contributed by atoms with Gasteiger partial charge in [0.2, 0.25) is 0 Å². The molecule has 0 saturated carbocycles. The number of benzene rings is 8. The first-order valence-corrected chi connectivity index (χ1v) is 14.1. The smallest absolute Gasteiger partial charge is 0.135 e. The largest absolute Gasteiger partial charge is 0.456 e. The standard InChI is InChI=1S/C40H24O/c1-2-11-25(12-3-1)35-23-26-24-36(28-14-5-7-17-32(28)39(26)31-16-6-4-13-27(31)35)29-21-22-38-40-33(29)18-10-19-34(40)30-15-8-9-20-37(30)41-38/h1-24H. The average Bonchev–Trinajstić information content (AvgIpc) is 3.04. The fourth-order valence-electron chi connectivity index (χ4n) is 6.88. The molecule has 1 heterocycles. The van der Waals surface area contributed by atoms with E-state index in [0.29, 0.717) is 0 Å². The van der Waals surface area contributed by atoms with Crippen LogP contribution in [0.2, 0.25) is 0 Å². The monoisotopic (exact) mass is 520 g/mol. The molecule has 0 aliphatic carbocycles. The molecule has 0 radical (unpaired) electrons. The summed E-state index contributed by atoms with van der Waals surface area (Å²) in [5, 5.41) is 10.0. The number of hydrogen-bond acceptors (Lipinski definition) is 1. The predicted molar refractivity (Wildman–Crippen MR) is 173 cm³/mol. The van der Waals surface area contributed by atoms with E-state index >= 15 is 0 Å². The molecule has 1 aliphatic heterocycles. The minimum atomic E-state index is 0.914. The molecule has 0 atom stereocenters. The van der Waals surface area contributed by atoms with Crippen LogP contribution in [0.25, 0.3) is 76.5 Å². The van der Waals surface area contributed by atoms with Gasteiger partial charge in [0.25, 0.3) is 0 Å². The van der Waals surface area contributed by atoms with Gasteiger partial charge in [0.15, 0.2) is 0 Å². The van der Waals surface area contributed by atoms with Crippen molar-refractivity contribution in [2.24, 2.45) is 0 Å². The summed E-state index contributed by atoms with van der Waals surface area (Å²) in [4.78, 5) is 0. The number of ether oxygens (including phenoxy) is 1. The molecule has 0 fully saturated rings. The molecular formula is C40H24O. The highest BCUT2D eigenvalue weighted by Crippen LogP contribution is 2.50. The van der Waals surface area contributed by atoms with Gasteiger partial charge in [-0.1, -0.05) is 121 Å². The Balaban J connectivity index is 1.41. The summed E-state index contributed by atoms with van der Waals surface area (Å²) in [6.45, 7) is 0. The highest BCUT2D eigenvalue weighted by molar-refractivity contribution is 6.26. The molecular weight excluding hydrogens is 496 g/mol. The zero-order valence-corrected chi connectivity index (χ0v) is 22.3. The van der Waals surface area contributed by atoms with Crippen molar-refractivity contribution in [3.63, 3.8) is 0 Å². The van der Waals surface area contributed by atoms with Crippen molar-refractivity contribution in [3.8, 4) is 44.9 Å². The van der Waals surface area contributed by atoms with E-state index in [4.69, 9.17) is 4.74 Å². The van der Waals surface area contributed by atoms with Gasteiger partial charge < -0.3 is 4.74 Å². The van der Waals surface area contributed by atoms with E-state index in [1.807, 2.05) is 6.07 Å². The Bertz CT molecular complexity index is 2330. The summed E-state index contributed by atoms with van der Waals surface area (Å²) in [5.74, 6) is 1.83. The normalized spacial score (nSPS) is 12.1. The SMILES string of the molecule is c1ccc(-c2cc3cc(-c4ccc5c6c(cccc46)-c4ccccc4O5)c4ccccc4c3c3ccccc23)cc1. The summed E-state index contributed by atoms with van der Waals surface area (Å²) >= 11 is 0. The lowest BCUT2D eigenvalue weighted by Gasteiger charge is -2.23. The summed E-state index contributed by atoms with van der Waals surface area (Å²) in [6.07, 6.45) is 0. The topological polar surface area (TPSA) is 9.23 Å². The maximum atomic E-state index is 6.41. The maximum absolute atomic E-state index is 6.41. The van der Waals surface area contributed by atoms with Crippen molar-refractivity contribution >= 4 is 43.1 Å². The summed E-state index contributed by atoms with van der Waals surface area (Å²) in [7, 11) is 0. The predicted octanol–water partition coefficient (Wildman–Crippen LogP) is 11.4. The second kappa shape index (κ2) is 8.55. The van der Waals surface area contributed by atoms with Crippen molar-refractivity contribution in [2.45, 2.75) is 0 Å². The van der Waals surface area contributed by atoms with E-state index in [2.05, 4.69) is 140 Å². The molecule has 0 saturated heterocycles. The van der Waals surface area contributed by atoms with Crippen LogP contribution in [-0.2, 0) is 0 Å². The van der Waals surface area contributed by atoms with Gasteiger partial charge >= 0.3 is 0 Å². The van der Waals surface area contributed by atoms with Gasteiger partial charge in [0, 0.05) is 10.9 Å². The van der Waals surface area contributed by atoms with Crippen LogP contribution < -0.4 is 4.74 Å². The quantitative estimate of drug-likeness (QED) is 0.206. The second-order valence-electron chi connectivity index (χ2n) is 10.8. The molecule has 0 N–H and O–H groups in total. The molecule has 8 aromatic rings. The number of rotatable bonds is 2. The van der Waals surface area contributed by atoms with Crippen LogP contribution in [0.15, 0.2) is 146 Å². The van der Waals surface area contributed by atoms with E-state index in [1.54, 1.807) is 0 Å². The highest BCUT2D eigenvalue weighted by atomic mass is 16.5. The zero-order chi connectivity index (χ0) is 26.9. The van der Waals surface area contributed by atoms with Crippen molar-refractivity contribution in [3.05, 3.63) is 146 Å². The molecule has 190 valence electrons. The van der Waals surface area contributed by atoms with Crippen LogP contribution in [0.1, 0.15) is 0 Å². The van der Waals surface area contributed by atoms with Crippen molar-refractivity contribution < 1.29 is 4.74 Å². The Morgan fingerprint density at radius 3 is 1.73 bits per heavy atom. The lowest BCUT2D eigenvalue weighted by atomic mass is 9.85. The third-order valence-corrected chi connectivity index (χ3v) is 8.64. The van der Waals surface area contributed by atoms with Crippen LogP contribution in [0, 0.1) is 0 Å². The Morgan fingerprint density at radius 1 is 0.317 bits per heavy atom. The maximum Gasteiger partial charge on any atom is 0.135 e. The fourth-order valence-corrected chi connectivity index (χ4v) is 6.88. The van der Waals surface area contributed by atoms with Crippen molar-refractivity contribution in [1.82, 2.24) is 0 Å². The van der Waals surface area contributed by atoms with Crippen LogP contribution >= 0.6 is 0 Å². The first-order chi connectivity index (χ1) is 20.3. The minimum absolute atomic E-state index is 0.914. The molecule has 8 aromatic carbocycles. The number of fused-ring (bicyclic) bond motifs is 7. The van der Waals surface area contributed by atoms with Crippen LogP contribution in [0.3, 0.4) is 0 Å². The Hall–Kier alpha value is -5.40. The summed E-state index contributed by atoms with van der Waals surface area (Å²) in [5.41, 5.74) is 7.33. The molecule has 0 aromatic heterocycles. The van der Waals surface area contributed by atoms with Gasteiger partial charge in [-0.15, -0.1) is 0 Å². The van der Waals surface area contributed by atoms with Gasteiger partial charge in [-0.3, -0.25) is 0 Å². The lowest BCUT2D eigenvalue weighted by molar-refractivity contribution is 0.487. The molecule has 0 spiro atoms.